The lowest BCUT2D eigenvalue weighted by Gasteiger charge is -2.06. The lowest BCUT2D eigenvalue weighted by Crippen LogP contribution is -2.08. The van der Waals surface area contributed by atoms with Crippen LogP contribution in [0.3, 0.4) is 0 Å². The van der Waals surface area contributed by atoms with Crippen molar-refractivity contribution in [3.63, 3.8) is 0 Å². The molecule has 2 aromatic rings. The minimum Gasteiger partial charge on any atom is -0.462 e. The number of hydrogen-bond donors (Lipinski definition) is 0. The third-order valence-electron chi connectivity index (χ3n) is 2.90. The molecule has 0 aromatic heterocycles. The van der Waals surface area contributed by atoms with E-state index in [2.05, 4.69) is 0 Å². The van der Waals surface area contributed by atoms with Crippen molar-refractivity contribution < 1.29 is 17.9 Å². The third-order valence-corrected chi connectivity index (χ3v) is 4.60. The number of carbonyl (C=O) groups is 1. The summed E-state index contributed by atoms with van der Waals surface area (Å²) in [7, 11) is -3.42. The van der Waals surface area contributed by atoms with Gasteiger partial charge in [-0.1, -0.05) is 30.3 Å². The van der Waals surface area contributed by atoms with E-state index in [-0.39, 0.29) is 17.3 Å². The molecule has 0 aliphatic rings. The van der Waals surface area contributed by atoms with Crippen LogP contribution in [0.25, 0.3) is 0 Å². The monoisotopic (exact) mass is 304 g/mol. The molecule has 2 aromatic carbocycles. The van der Waals surface area contributed by atoms with Gasteiger partial charge in [-0.25, -0.2) is 13.2 Å². The van der Waals surface area contributed by atoms with Crippen LogP contribution in [0, 0.1) is 0 Å². The Kier molecular flexibility index (Phi) is 4.75. The van der Waals surface area contributed by atoms with Gasteiger partial charge in [0.25, 0.3) is 0 Å². The highest BCUT2D eigenvalue weighted by molar-refractivity contribution is 7.90. The molecule has 0 fully saturated rings. The first kappa shape index (κ1) is 15.3. The Morgan fingerprint density at radius 2 is 1.76 bits per heavy atom. The van der Waals surface area contributed by atoms with Gasteiger partial charge in [-0.15, -0.1) is 0 Å². The summed E-state index contributed by atoms with van der Waals surface area (Å²) in [5.41, 5.74) is 0.919. The van der Waals surface area contributed by atoms with Gasteiger partial charge in [-0.3, -0.25) is 0 Å². The second kappa shape index (κ2) is 6.54. The molecule has 0 N–H and O–H groups in total. The average Bonchev–Trinajstić information content (AvgIpc) is 2.48. The fourth-order valence-electron chi connectivity index (χ4n) is 1.93. The Morgan fingerprint density at radius 3 is 2.43 bits per heavy atom. The van der Waals surface area contributed by atoms with Crippen LogP contribution >= 0.6 is 0 Å². The highest BCUT2D eigenvalue weighted by Crippen LogP contribution is 2.17. The number of rotatable bonds is 5. The van der Waals surface area contributed by atoms with Crippen molar-refractivity contribution >= 4 is 15.8 Å². The molecule has 21 heavy (non-hydrogen) atoms. The van der Waals surface area contributed by atoms with Crippen molar-refractivity contribution in [2.45, 2.75) is 17.6 Å². The van der Waals surface area contributed by atoms with Crippen molar-refractivity contribution in [2.75, 3.05) is 6.61 Å². The SMILES string of the molecule is CCOC(=O)c1cccc(CS(=O)(=O)c2ccccc2)c1. The largest absolute Gasteiger partial charge is 0.462 e. The first-order valence-electron chi connectivity index (χ1n) is 6.57. The minimum absolute atomic E-state index is 0.149. The quantitative estimate of drug-likeness (QED) is 0.797. The molecule has 4 nitrogen and oxygen atoms in total. The van der Waals surface area contributed by atoms with E-state index < -0.39 is 15.8 Å². The summed E-state index contributed by atoms with van der Waals surface area (Å²) in [5, 5.41) is 0. The molecule has 0 atom stereocenters. The minimum atomic E-state index is -3.42. The average molecular weight is 304 g/mol. The second-order valence-corrected chi connectivity index (χ2v) is 6.48. The smallest absolute Gasteiger partial charge is 0.338 e. The summed E-state index contributed by atoms with van der Waals surface area (Å²) in [6.07, 6.45) is 0. The zero-order valence-electron chi connectivity index (χ0n) is 11.7. The van der Waals surface area contributed by atoms with Gasteiger partial charge in [0.15, 0.2) is 9.84 Å². The number of ether oxygens (including phenoxy) is 1. The molecule has 5 heteroatoms. The first-order chi connectivity index (χ1) is 10.0. The van der Waals surface area contributed by atoms with E-state index in [9.17, 15) is 13.2 Å². The van der Waals surface area contributed by atoms with Crippen LogP contribution in [0.2, 0.25) is 0 Å². The zero-order valence-corrected chi connectivity index (χ0v) is 12.5. The van der Waals surface area contributed by atoms with E-state index in [1.165, 1.54) is 0 Å². The van der Waals surface area contributed by atoms with Gasteiger partial charge in [0.05, 0.1) is 22.8 Å². The number of carbonyl (C=O) groups excluding carboxylic acids is 1. The Labute approximate surface area is 124 Å². The van der Waals surface area contributed by atoms with Gasteiger partial charge >= 0.3 is 5.97 Å². The fourth-order valence-corrected chi connectivity index (χ4v) is 3.29. The summed E-state index contributed by atoms with van der Waals surface area (Å²) < 4.78 is 29.5. The molecule has 0 bridgehead atoms. The molecule has 0 unspecified atom stereocenters. The second-order valence-electron chi connectivity index (χ2n) is 4.49. The first-order valence-corrected chi connectivity index (χ1v) is 8.22. The predicted molar refractivity (Wildman–Crippen MR) is 79.7 cm³/mol. The van der Waals surface area contributed by atoms with Gasteiger partial charge in [0.1, 0.15) is 0 Å². The van der Waals surface area contributed by atoms with Crippen molar-refractivity contribution in [3.05, 3.63) is 65.7 Å². The van der Waals surface area contributed by atoms with E-state index in [1.54, 1.807) is 61.5 Å². The van der Waals surface area contributed by atoms with E-state index >= 15 is 0 Å². The van der Waals surface area contributed by atoms with E-state index in [1.807, 2.05) is 0 Å². The molecular weight excluding hydrogens is 288 g/mol. The van der Waals surface area contributed by atoms with Crippen LogP contribution in [0.4, 0.5) is 0 Å². The molecule has 0 saturated heterocycles. The standard InChI is InChI=1S/C16H16O4S/c1-2-20-16(17)14-8-6-7-13(11-14)12-21(18,19)15-9-4-3-5-10-15/h3-11H,2,12H2,1H3. The molecule has 0 amide bonds. The van der Waals surface area contributed by atoms with Crippen LogP contribution in [-0.4, -0.2) is 21.0 Å². The summed E-state index contributed by atoms with van der Waals surface area (Å²) in [4.78, 5) is 11.9. The van der Waals surface area contributed by atoms with Gasteiger partial charge in [-0.05, 0) is 36.8 Å². The van der Waals surface area contributed by atoms with E-state index in [4.69, 9.17) is 4.74 Å². The van der Waals surface area contributed by atoms with Crippen LogP contribution in [0.15, 0.2) is 59.5 Å². The molecule has 110 valence electrons. The molecule has 2 rings (SSSR count). The molecule has 0 aliphatic carbocycles. The number of esters is 1. The van der Waals surface area contributed by atoms with Crippen LogP contribution in [0.5, 0.6) is 0 Å². The number of sulfone groups is 1. The van der Waals surface area contributed by atoms with Crippen molar-refractivity contribution in [3.8, 4) is 0 Å². The normalized spacial score (nSPS) is 11.1. The van der Waals surface area contributed by atoms with Crippen molar-refractivity contribution in [1.29, 1.82) is 0 Å². The lowest BCUT2D eigenvalue weighted by atomic mass is 10.1. The van der Waals surface area contributed by atoms with Crippen LogP contribution < -0.4 is 0 Å². The highest BCUT2D eigenvalue weighted by Gasteiger charge is 2.16. The maximum absolute atomic E-state index is 12.3. The molecule has 0 saturated carbocycles. The number of hydrogen-bond acceptors (Lipinski definition) is 4. The van der Waals surface area contributed by atoms with Crippen molar-refractivity contribution in [1.82, 2.24) is 0 Å². The predicted octanol–water partition coefficient (Wildman–Crippen LogP) is 2.84. The van der Waals surface area contributed by atoms with Gasteiger partial charge in [0, 0.05) is 0 Å². The van der Waals surface area contributed by atoms with Crippen molar-refractivity contribution in [2.24, 2.45) is 0 Å². The van der Waals surface area contributed by atoms with E-state index in [0.29, 0.717) is 11.1 Å². The number of benzene rings is 2. The topological polar surface area (TPSA) is 60.4 Å². The van der Waals surface area contributed by atoms with Gasteiger partial charge in [0.2, 0.25) is 0 Å². The summed E-state index contributed by atoms with van der Waals surface area (Å²) >= 11 is 0. The Hall–Kier alpha value is -2.14. The summed E-state index contributed by atoms with van der Waals surface area (Å²) in [6.45, 7) is 2.01. The fraction of sp³-hybridized carbons (Fsp3) is 0.188. The summed E-state index contributed by atoms with van der Waals surface area (Å²) in [6, 6.07) is 14.7. The molecule has 0 radical (unpaired) electrons. The third kappa shape index (κ3) is 3.92. The molecule has 0 heterocycles. The van der Waals surface area contributed by atoms with Gasteiger partial charge < -0.3 is 4.74 Å². The molecule has 0 aliphatic heterocycles. The maximum atomic E-state index is 12.3. The van der Waals surface area contributed by atoms with E-state index in [0.717, 1.165) is 0 Å². The maximum Gasteiger partial charge on any atom is 0.338 e. The highest BCUT2D eigenvalue weighted by atomic mass is 32.2. The molecular formula is C16H16O4S. The Balaban J connectivity index is 2.24. The molecule has 0 spiro atoms. The zero-order chi connectivity index (χ0) is 15.3. The van der Waals surface area contributed by atoms with Crippen LogP contribution in [0.1, 0.15) is 22.8 Å². The Morgan fingerprint density at radius 1 is 1.05 bits per heavy atom. The Bertz CT molecular complexity index is 721. The summed E-state index contributed by atoms with van der Waals surface area (Å²) in [5.74, 6) is -0.596. The lowest BCUT2D eigenvalue weighted by molar-refractivity contribution is 0.0526. The van der Waals surface area contributed by atoms with Crippen LogP contribution in [-0.2, 0) is 20.3 Å². The van der Waals surface area contributed by atoms with Gasteiger partial charge in [-0.2, -0.15) is 0 Å².